The molecule has 1 heterocycles. The van der Waals surface area contributed by atoms with Crippen molar-refractivity contribution in [2.75, 3.05) is 13.1 Å². The molecule has 0 aromatic heterocycles. The highest BCUT2D eigenvalue weighted by molar-refractivity contribution is 6.30. The molecule has 55 heavy (non-hydrogen) atoms. The molecule has 9 atom stereocenters. The number of esters is 2. The minimum absolute atomic E-state index is 0.0308. The summed E-state index contributed by atoms with van der Waals surface area (Å²) in [6.07, 6.45) is 7.40. The predicted octanol–water partition coefficient (Wildman–Crippen LogP) is 9.46. The van der Waals surface area contributed by atoms with E-state index in [0.717, 1.165) is 62.5 Å². The Morgan fingerprint density at radius 2 is 1.64 bits per heavy atom. The number of hydrogen-bond donors (Lipinski definition) is 1. The maximum atomic E-state index is 14.3. The van der Waals surface area contributed by atoms with Gasteiger partial charge in [0.1, 0.15) is 12.2 Å². The highest BCUT2D eigenvalue weighted by atomic mass is 35.5. The van der Waals surface area contributed by atoms with E-state index in [4.69, 9.17) is 21.1 Å². The lowest BCUT2D eigenvalue weighted by atomic mass is 9.33. The summed E-state index contributed by atoms with van der Waals surface area (Å²) in [7, 11) is 0. The molecule has 1 aliphatic heterocycles. The molecular formula is C46H64ClNO7. The smallest absolute Gasteiger partial charge is 0.320 e. The average molecular weight is 778 g/mol. The van der Waals surface area contributed by atoms with E-state index < -0.39 is 22.8 Å². The van der Waals surface area contributed by atoms with Crippen molar-refractivity contribution in [1.82, 2.24) is 4.90 Å². The van der Waals surface area contributed by atoms with E-state index in [2.05, 4.69) is 53.4 Å². The Hall–Kier alpha value is -2.71. The fourth-order valence-electron chi connectivity index (χ4n) is 13.9. The monoisotopic (exact) mass is 777 g/mol. The number of carbonyl (C=O) groups is 4. The second kappa shape index (κ2) is 13.7. The SMILES string of the molecule is CC(C)C1=C2[C@H]3CC[C@@H]4[C@@]5(C)CC[C@H](OC(=O)CC(C)(C)C(=O)O)C(C)(C)[C@@H]5CC[C@@]4(C)[C@]3(C)CCC2([C@@H]2CN(Cc3ccc(Cl)cc3)CC(=O)O2)CC1=O. The van der Waals surface area contributed by atoms with E-state index in [-0.39, 0.29) is 70.4 Å². The van der Waals surface area contributed by atoms with E-state index in [1.807, 2.05) is 24.3 Å². The van der Waals surface area contributed by atoms with Crippen LogP contribution >= 0.6 is 11.6 Å². The van der Waals surface area contributed by atoms with Crippen LogP contribution in [-0.2, 0) is 35.2 Å². The summed E-state index contributed by atoms with van der Waals surface area (Å²) < 4.78 is 12.6. The van der Waals surface area contributed by atoms with Gasteiger partial charge in [-0.05, 0) is 134 Å². The van der Waals surface area contributed by atoms with Crippen LogP contribution in [0.15, 0.2) is 35.4 Å². The van der Waals surface area contributed by atoms with E-state index in [0.29, 0.717) is 36.4 Å². The zero-order valence-corrected chi connectivity index (χ0v) is 35.4. The van der Waals surface area contributed by atoms with Crippen molar-refractivity contribution >= 4 is 35.3 Å². The van der Waals surface area contributed by atoms with Gasteiger partial charge in [0.25, 0.3) is 0 Å². The Morgan fingerprint density at radius 1 is 0.945 bits per heavy atom. The zero-order valence-electron chi connectivity index (χ0n) is 34.7. The van der Waals surface area contributed by atoms with Crippen LogP contribution in [-0.4, -0.2) is 59.0 Å². The Labute approximate surface area is 333 Å². The van der Waals surface area contributed by atoms with Crippen molar-refractivity contribution < 1.29 is 33.8 Å². The molecule has 1 saturated heterocycles. The number of cyclic esters (lactones) is 1. The number of nitrogens with zero attached hydrogens (tertiary/aromatic N) is 1. The van der Waals surface area contributed by atoms with Gasteiger partial charge in [0.2, 0.25) is 0 Å². The van der Waals surface area contributed by atoms with Crippen LogP contribution in [0.1, 0.15) is 132 Å². The van der Waals surface area contributed by atoms with Gasteiger partial charge in [-0.15, -0.1) is 0 Å². The molecule has 1 aromatic rings. The first-order valence-electron chi connectivity index (χ1n) is 21.0. The number of carboxylic acids is 1. The normalized spacial score (nSPS) is 38.8. The number of halogens is 1. The summed E-state index contributed by atoms with van der Waals surface area (Å²) in [5.74, 6) is -0.244. The molecule has 8 nitrogen and oxygen atoms in total. The van der Waals surface area contributed by atoms with Gasteiger partial charge in [0.15, 0.2) is 5.78 Å². The first kappa shape index (κ1) is 40.5. The summed E-state index contributed by atoms with van der Waals surface area (Å²) in [6.45, 7) is 21.1. The maximum absolute atomic E-state index is 14.3. The van der Waals surface area contributed by atoms with E-state index in [9.17, 15) is 24.3 Å². The van der Waals surface area contributed by atoms with E-state index in [1.165, 1.54) is 5.57 Å². The second-order valence-electron chi connectivity index (χ2n) is 20.8. The molecule has 0 amide bonds. The Bertz CT molecular complexity index is 1780. The molecule has 1 unspecified atom stereocenters. The van der Waals surface area contributed by atoms with Gasteiger partial charge in [0.05, 0.1) is 18.4 Å². The largest absolute Gasteiger partial charge is 0.481 e. The van der Waals surface area contributed by atoms with Crippen molar-refractivity contribution in [3.63, 3.8) is 0 Å². The molecule has 0 bridgehead atoms. The summed E-state index contributed by atoms with van der Waals surface area (Å²) in [6, 6.07) is 7.81. The molecule has 0 spiro atoms. The molecule has 0 radical (unpaired) electrons. The topological polar surface area (TPSA) is 110 Å². The summed E-state index contributed by atoms with van der Waals surface area (Å²) in [5.41, 5.74) is 1.53. The Morgan fingerprint density at radius 3 is 2.29 bits per heavy atom. The predicted molar refractivity (Wildman–Crippen MR) is 212 cm³/mol. The van der Waals surface area contributed by atoms with Gasteiger partial charge >= 0.3 is 17.9 Å². The molecule has 7 rings (SSSR count). The van der Waals surface area contributed by atoms with Gasteiger partial charge in [-0.25, -0.2) is 0 Å². The van der Waals surface area contributed by atoms with Gasteiger partial charge in [-0.1, -0.05) is 72.2 Å². The summed E-state index contributed by atoms with van der Waals surface area (Å²) in [4.78, 5) is 54.8. The average Bonchev–Trinajstić information content (AvgIpc) is 3.40. The molecule has 1 N–H and O–H groups in total. The van der Waals surface area contributed by atoms with Crippen LogP contribution in [0.4, 0.5) is 0 Å². The summed E-state index contributed by atoms with van der Waals surface area (Å²) >= 11 is 6.18. The molecule has 1 aromatic carbocycles. The van der Waals surface area contributed by atoms with Gasteiger partial charge < -0.3 is 14.6 Å². The van der Waals surface area contributed by atoms with Crippen LogP contribution in [0.25, 0.3) is 0 Å². The van der Waals surface area contributed by atoms with Crippen LogP contribution in [0.2, 0.25) is 5.02 Å². The van der Waals surface area contributed by atoms with Crippen molar-refractivity contribution in [2.24, 2.45) is 56.2 Å². The number of carbonyl (C=O) groups excluding carboxylic acids is 3. The first-order chi connectivity index (χ1) is 25.6. The fraction of sp³-hybridized carbons (Fsp3) is 0.739. The molecule has 5 aliphatic carbocycles. The second-order valence-corrected chi connectivity index (χ2v) is 21.3. The molecule has 6 aliphatic rings. The standard InChI is InChI=1S/C46H64ClNO7/c1-27(2)38-31(49)22-46(35-25-48(26-37(51)55-35)24-28-10-12-29(47)13-11-28)21-20-44(8)30(39(38)46)14-15-33-43(7)18-17-34(54-36(50)23-41(3,4)40(52)53)42(5,6)32(43)16-19-45(33,44)9/h10-13,27,30,32-35H,14-26H2,1-9H3,(H,52,53)/t30-,32+,33-,34+,35+,43+,44-,45-,46?/m1/s1. The number of allylic oxidation sites excluding steroid dienone is 1. The number of ketones is 1. The minimum atomic E-state index is -1.17. The Kier molecular flexibility index (Phi) is 10.1. The number of morpholine rings is 1. The number of ether oxygens (including phenoxy) is 2. The van der Waals surface area contributed by atoms with E-state index >= 15 is 0 Å². The number of fused-ring (bicyclic) bond motifs is 7. The van der Waals surface area contributed by atoms with Crippen molar-refractivity contribution in [1.29, 1.82) is 0 Å². The third-order valence-electron chi connectivity index (χ3n) is 16.8. The lowest BCUT2D eigenvalue weighted by Gasteiger charge is -2.72. The van der Waals surface area contributed by atoms with E-state index in [1.54, 1.807) is 13.8 Å². The highest BCUT2D eigenvalue weighted by Crippen LogP contribution is 2.77. The quantitative estimate of drug-likeness (QED) is 0.260. The lowest BCUT2D eigenvalue weighted by Crippen LogP contribution is -2.66. The molecular weight excluding hydrogens is 714 g/mol. The number of aliphatic carboxylic acids is 1. The number of carboxylic acid groups (broad SMARTS) is 1. The number of hydrogen-bond acceptors (Lipinski definition) is 7. The minimum Gasteiger partial charge on any atom is -0.481 e. The number of rotatable bonds is 8. The van der Waals surface area contributed by atoms with Crippen LogP contribution in [0, 0.1) is 56.2 Å². The summed E-state index contributed by atoms with van der Waals surface area (Å²) in [5, 5.41) is 10.3. The zero-order chi connectivity index (χ0) is 40.1. The lowest BCUT2D eigenvalue weighted by molar-refractivity contribution is -0.236. The van der Waals surface area contributed by atoms with Gasteiger partial charge in [-0.3, -0.25) is 24.1 Å². The molecule has 9 heteroatoms. The maximum Gasteiger partial charge on any atom is 0.320 e. The van der Waals surface area contributed by atoms with Gasteiger partial charge in [-0.2, -0.15) is 0 Å². The highest BCUT2D eigenvalue weighted by Gasteiger charge is 2.71. The third kappa shape index (κ3) is 6.33. The molecule has 5 fully saturated rings. The number of Topliss-reactive ketones (excluding diaryl/α,β-unsaturated/α-hetero) is 1. The third-order valence-corrected chi connectivity index (χ3v) is 17.1. The first-order valence-corrected chi connectivity index (χ1v) is 21.3. The van der Waals surface area contributed by atoms with Crippen LogP contribution < -0.4 is 0 Å². The fourth-order valence-corrected chi connectivity index (χ4v) is 14.0. The van der Waals surface area contributed by atoms with Crippen LogP contribution in [0.5, 0.6) is 0 Å². The van der Waals surface area contributed by atoms with Crippen molar-refractivity contribution in [2.45, 2.75) is 145 Å². The van der Waals surface area contributed by atoms with Crippen molar-refractivity contribution in [3.8, 4) is 0 Å². The van der Waals surface area contributed by atoms with Crippen LogP contribution in [0.3, 0.4) is 0 Å². The van der Waals surface area contributed by atoms with Gasteiger partial charge in [0, 0.05) is 35.4 Å². The van der Waals surface area contributed by atoms with Crippen molar-refractivity contribution in [3.05, 3.63) is 46.0 Å². The molecule has 4 saturated carbocycles. The molecule has 302 valence electrons. The number of benzene rings is 1. The Balaban J connectivity index is 1.18.